The summed E-state index contributed by atoms with van der Waals surface area (Å²) in [5.74, 6) is -0.293. The molecule has 0 aliphatic rings. The molecule has 0 aromatic rings. The van der Waals surface area contributed by atoms with E-state index in [1.54, 1.807) is 14.2 Å². The topological polar surface area (TPSA) is 44.8 Å². The third-order valence-corrected chi connectivity index (χ3v) is 2.29. The van der Waals surface area contributed by atoms with Gasteiger partial charge in [0.05, 0.1) is 7.11 Å². The van der Waals surface area contributed by atoms with E-state index in [2.05, 4.69) is 4.74 Å². The first-order valence-corrected chi connectivity index (χ1v) is 5.54. The van der Waals surface area contributed by atoms with Gasteiger partial charge in [-0.25, -0.2) is 4.79 Å². The van der Waals surface area contributed by atoms with Crippen LogP contribution in [0.5, 0.6) is 0 Å². The average molecular weight is 230 g/mol. The number of carbonyl (C=O) groups excluding carboxylic acids is 1. The molecular weight excluding hydrogens is 208 g/mol. The van der Waals surface area contributed by atoms with Crippen molar-refractivity contribution in [3.63, 3.8) is 0 Å². The molecule has 0 spiro atoms. The lowest BCUT2D eigenvalue weighted by molar-refractivity contribution is -0.134. The van der Waals surface area contributed by atoms with Crippen molar-refractivity contribution in [1.82, 2.24) is 0 Å². The van der Waals surface area contributed by atoms with Gasteiger partial charge >= 0.3 is 5.97 Å². The highest BCUT2D eigenvalue weighted by Gasteiger charge is 2.03. The molecule has 0 amide bonds. The lowest BCUT2D eigenvalue weighted by Crippen LogP contribution is -2.12. The number of esters is 1. The van der Waals surface area contributed by atoms with Crippen molar-refractivity contribution in [2.45, 2.75) is 38.4 Å². The van der Waals surface area contributed by atoms with Gasteiger partial charge in [0.1, 0.15) is 0 Å². The Kier molecular flexibility index (Phi) is 10.1. The Morgan fingerprint density at radius 3 is 2.38 bits per heavy atom. The standard InChI is InChI=1S/C12H22O4/c1-14-11(13)9-7-5-4-6-8-10-12(15-2)16-3/h7,9,12H,4-6,8,10H2,1-3H3. The van der Waals surface area contributed by atoms with E-state index in [9.17, 15) is 4.79 Å². The highest BCUT2D eigenvalue weighted by atomic mass is 16.7. The van der Waals surface area contributed by atoms with Crippen LogP contribution in [0.2, 0.25) is 0 Å². The van der Waals surface area contributed by atoms with Crippen molar-refractivity contribution >= 4 is 5.97 Å². The summed E-state index contributed by atoms with van der Waals surface area (Å²) in [6.45, 7) is 0. The Bertz CT molecular complexity index is 197. The molecule has 0 aliphatic heterocycles. The molecule has 4 heteroatoms. The van der Waals surface area contributed by atoms with Crippen LogP contribution >= 0.6 is 0 Å². The predicted octanol–water partition coefficient (Wildman–Crippen LogP) is 2.29. The normalized spacial score (nSPS) is 11.2. The van der Waals surface area contributed by atoms with Gasteiger partial charge < -0.3 is 14.2 Å². The summed E-state index contributed by atoms with van der Waals surface area (Å²) >= 11 is 0. The molecule has 0 saturated heterocycles. The van der Waals surface area contributed by atoms with Crippen LogP contribution in [0.25, 0.3) is 0 Å². The average Bonchev–Trinajstić information content (AvgIpc) is 2.32. The minimum atomic E-state index is -0.293. The quantitative estimate of drug-likeness (QED) is 0.264. The van der Waals surface area contributed by atoms with E-state index in [1.165, 1.54) is 13.2 Å². The zero-order chi connectivity index (χ0) is 12.2. The van der Waals surface area contributed by atoms with Crippen LogP contribution in [-0.2, 0) is 19.0 Å². The van der Waals surface area contributed by atoms with Crippen molar-refractivity contribution in [2.24, 2.45) is 0 Å². The van der Waals surface area contributed by atoms with E-state index < -0.39 is 0 Å². The van der Waals surface area contributed by atoms with Gasteiger partial charge in [0.15, 0.2) is 6.29 Å². The van der Waals surface area contributed by atoms with E-state index in [-0.39, 0.29) is 12.3 Å². The Hall–Kier alpha value is -0.870. The maximum atomic E-state index is 10.7. The van der Waals surface area contributed by atoms with Crippen LogP contribution in [0.1, 0.15) is 32.1 Å². The van der Waals surface area contributed by atoms with Crippen molar-refractivity contribution in [2.75, 3.05) is 21.3 Å². The molecule has 0 unspecified atom stereocenters. The summed E-state index contributed by atoms with van der Waals surface area (Å²) in [6, 6.07) is 0. The third-order valence-electron chi connectivity index (χ3n) is 2.29. The van der Waals surface area contributed by atoms with E-state index in [0.717, 1.165) is 32.1 Å². The first kappa shape index (κ1) is 15.1. The van der Waals surface area contributed by atoms with Crippen molar-refractivity contribution in [3.05, 3.63) is 12.2 Å². The number of methoxy groups -OCH3 is 3. The smallest absolute Gasteiger partial charge is 0.330 e. The number of unbranched alkanes of at least 4 members (excludes halogenated alkanes) is 3. The second-order valence-electron chi connectivity index (χ2n) is 3.46. The molecule has 0 bridgehead atoms. The fourth-order valence-electron chi connectivity index (χ4n) is 1.33. The molecule has 0 N–H and O–H groups in total. The molecule has 0 radical (unpaired) electrons. The zero-order valence-electron chi connectivity index (χ0n) is 10.4. The number of ether oxygens (including phenoxy) is 3. The van der Waals surface area contributed by atoms with Crippen LogP contribution in [-0.4, -0.2) is 33.6 Å². The van der Waals surface area contributed by atoms with Gasteiger partial charge in [-0.05, 0) is 25.7 Å². The molecule has 16 heavy (non-hydrogen) atoms. The van der Waals surface area contributed by atoms with Gasteiger partial charge in [0, 0.05) is 20.3 Å². The van der Waals surface area contributed by atoms with Gasteiger partial charge in [0.2, 0.25) is 0 Å². The van der Waals surface area contributed by atoms with E-state index in [4.69, 9.17) is 9.47 Å². The molecule has 0 aromatic carbocycles. The number of allylic oxidation sites excluding steroid dienone is 1. The highest BCUT2D eigenvalue weighted by Crippen LogP contribution is 2.08. The van der Waals surface area contributed by atoms with Gasteiger partial charge in [-0.2, -0.15) is 0 Å². The van der Waals surface area contributed by atoms with Crippen molar-refractivity contribution < 1.29 is 19.0 Å². The number of carbonyl (C=O) groups is 1. The maximum absolute atomic E-state index is 10.7. The molecule has 0 rings (SSSR count). The molecule has 94 valence electrons. The molecule has 0 heterocycles. The van der Waals surface area contributed by atoms with E-state index in [0.29, 0.717) is 0 Å². The summed E-state index contributed by atoms with van der Waals surface area (Å²) in [6.07, 6.45) is 8.27. The molecule has 0 fully saturated rings. The minimum absolute atomic E-state index is 0.0920. The molecule has 0 atom stereocenters. The van der Waals surface area contributed by atoms with Crippen molar-refractivity contribution in [1.29, 1.82) is 0 Å². The Balaban J connectivity index is 3.33. The van der Waals surface area contributed by atoms with Gasteiger partial charge in [0.25, 0.3) is 0 Å². The fraction of sp³-hybridized carbons (Fsp3) is 0.750. The molecule has 0 aliphatic carbocycles. The zero-order valence-corrected chi connectivity index (χ0v) is 10.4. The number of hydrogen-bond donors (Lipinski definition) is 0. The Labute approximate surface area is 97.6 Å². The van der Waals surface area contributed by atoms with Gasteiger partial charge in [-0.1, -0.05) is 12.5 Å². The first-order chi connectivity index (χ1) is 7.74. The lowest BCUT2D eigenvalue weighted by Gasteiger charge is -2.12. The molecular formula is C12H22O4. The molecule has 4 nitrogen and oxygen atoms in total. The Morgan fingerprint density at radius 2 is 1.81 bits per heavy atom. The first-order valence-electron chi connectivity index (χ1n) is 5.54. The van der Waals surface area contributed by atoms with Crippen LogP contribution in [0.15, 0.2) is 12.2 Å². The van der Waals surface area contributed by atoms with Crippen LogP contribution in [0.3, 0.4) is 0 Å². The minimum Gasteiger partial charge on any atom is -0.466 e. The summed E-state index contributed by atoms with van der Waals surface area (Å²) in [7, 11) is 4.67. The summed E-state index contributed by atoms with van der Waals surface area (Å²) < 4.78 is 14.6. The summed E-state index contributed by atoms with van der Waals surface area (Å²) in [5.41, 5.74) is 0. The van der Waals surface area contributed by atoms with Gasteiger partial charge in [-0.15, -0.1) is 0 Å². The molecule has 0 aromatic heterocycles. The van der Waals surface area contributed by atoms with Crippen LogP contribution < -0.4 is 0 Å². The van der Waals surface area contributed by atoms with E-state index >= 15 is 0 Å². The SMILES string of the molecule is COC(=O)C=CCCCCCC(OC)OC. The molecule has 0 saturated carbocycles. The highest BCUT2D eigenvalue weighted by molar-refractivity contribution is 5.81. The summed E-state index contributed by atoms with van der Waals surface area (Å²) in [4.78, 5) is 10.7. The lowest BCUT2D eigenvalue weighted by atomic mass is 10.1. The van der Waals surface area contributed by atoms with E-state index in [1.807, 2.05) is 6.08 Å². The van der Waals surface area contributed by atoms with Crippen molar-refractivity contribution in [3.8, 4) is 0 Å². The largest absolute Gasteiger partial charge is 0.466 e. The second-order valence-corrected chi connectivity index (χ2v) is 3.46. The monoisotopic (exact) mass is 230 g/mol. The maximum Gasteiger partial charge on any atom is 0.330 e. The van der Waals surface area contributed by atoms with Crippen LogP contribution in [0, 0.1) is 0 Å². The Morgan fingerprint density at radius 1 is 1.12 bits per heavy atom. The fourth-order valence-corrected chi connectivity index (χ4v) is 1.33. The summed E-state index contributed by atoms with van der Waals surface area (Å²) in [5, 5.41) is 0. The predicted molar refractivity (Wildman–Crippen MR) is 62.0 cm³/mol. The number of rotatable bonds is 9. The third kappa shape index (κ3) is 8.44. The second kappa shape index (κ2) is 10.6. The number of hydrogen-bond acceptors (Lipinski definition) is 4. The van der Waals surface area contributed by atoms with Gasteiger partial charge in [-0.3, -0.25) is 0 Å². The van der Waals surface area contributed by atoms with Crippen LogP contribution in [0.4, 0.5) is 0 Å².